The zero-order valence-electron chi connectivity index (χ0n) is 29.3. The number of aromatic nitrogens is 1. The number of alkyl carbamates (subject to hydrolysis) is 1. The van der Waals surface area contributed by atoms with Crippen molar-refractivity contribution < 1.29 is 41.5 Å². The molecule has 2 unspecified atom stereocenters. The molecule has 0 spiro atoms. The number of rotatable bonds is 15. The van der Waals surface area contributed by atoms with Crippen molar-refractivity contribution in [2.24, 2.45) is 23.7 Å². The Morgan fingerprint density at radius 3 is 2.32 bits per heavy atom. The Balaban J connectivity index is 1.72. The summed E-state index contributed by atoms with van der Waals surface area (Å²) in [7, 11) is 1.24. The molecule has 0 radical (unpaired) electrons. The first-order valence-corrected chi connectivity index (χ1v) is 17.3. The third-order valence-corrected chi connectivity index (χ3v) is 10.6. The average molecular weight is 702 g/mol. The average Bonchev–Trinajstić information content (AvgIpc) is 3.46. The summed E-state index contributed by atoms with van der Waals surface area (Å²) >= 11 is 0. The fourth-order valence-corrected chi connectivity index (χ4v) is 6.99. The molecule has 2 aromatic carbocycles. The van der Waals surface area contributed by atoms with E-state index in [1.807, 2.05) is 27.7 Å². The van der Waals surface area contributed by atoms with Crippen LogP contribution in [-0.2, 0) is 44.6 Å². The van der Waals surface area contributed by atoms with Crippen LogP contribution in [0.3, 0.4) is 0 Å². The van der Waals surface area contributed by atoms with E-state index in [0.29, 0.717) is 29.5 Å². The summed E-state index contributed by atoms with van der Waals surface area (Å²) in [6, 6.07) is 9.86. The molecule has 1 aliphatic carbocycles. The van der Waals surface area contributed by atoms with Crippen molar-refractivity contribution in [2.45, 2.75) is 90.8 Å². The molecule has 0 aliphatic heterocycles. The zero-order valence-corrected chi connectivity index (χ0v) is 29.3. The summed E-state index contributed by atoms with van der Waals surface area (Å²) < 4.78 is 61.0. The summed E-state index contributed by atoms with van der Waals surface area (Å²) in [6.45, 7) is 7.79. The standard InChI is InChI=1S/C38H47F4N3O5/c1-6-22(3)25(21-43-36(49)50-5)18-33(47)37(16-15-32-29(20-37)27-12-10-13-30(34(27)44-32)38(40,41)42)45-35(48)28(23(4)7-2)19-26(46)17-24-11-8-9-14-31(24)39/h8-14,22-23,25,28,44H,6-7,15-21H2,1-5H3,(H,43,49)(H,45,48)/t22?,23?,25-,28+,37-/m1/s1. The third-order valence-electron chi connectivity index (χ3n) is 10.6. The van der Waals surface area contributed by atoms with Gasteiger partial charge in [0.2, 0.25) is 5.91 Å². The number of nitrogens with one attached hydrogen (secondary N) is 3. The van der Waals surface area contributed by atoms with E-state index < -0.39 is 41.0 Å². The van der Waals surface area contributed by atoms with Gasteiger partial charge in [-0.15, -0.1) is 0 Å². The molecular formula is C38H47F4N3O5. The molecule has 0 bridgehead atoms. The number of methoxy groups -OCH3 is 1. The topological polar surface area (TPSA) is 117 Å². The molecule has 50 heavy (non-hydrogen) atoms. The summed E-state index contributed by atoms with van der Waals surface area (Å²) in [5, 5.41) is 6.04. The lowest BCUT2D eigenvalue weighted by atomic mass is 9.72. The number of Topliss-reactive ketones (excluding diaryl/α,β-unsaturated/α-hetero) is 2. The van der Waals surface area contributed by atoms with Crippen LogP contribution in [0.5, 0.6) is 0 Å². The number of hydrogen-bond acceptors (Lipinski definition) is 5. The highest BCUT2D eigenvalue weighted by molar-refractivity contribution is 5.97. The van der Waals surface area contributed by atoms with Crippen LogP contribution in [-0.4, -0.2) is 47.7 Å². The number of amides is 2. The number of aromatic amines is 1. The van der Waals surface area contributed by atoms with E-state index in [0.717, 1.165) is 6.07 Å². The lowest BCUT2D eigenvalue weighted by Crippen LogP contribution is -2.60. The van der Waals surface area contributed by atoms with Crippen LogP contribution in [0.15, 0.2) is 42.5 Å². The predicted molar refractivity (Wildman–Crippen MR) is 182 cm³/mol. The molecule has 0 saturated heterocycles. The summed E-state index contributed by atoms with van der Waals surface area (Å²) in [5.74, 6) is -3.11. The van der Waals surface area contributed by atoms with Gasteiger partial charge in [-0.3, -0.25) is 14.4 Å². The molecule has 3 aromatic rings. The number of carbonyl (C=O) groups excluding carboxylic acids is 4. The zero-order chi connectivity index (χ0) is 36.8. The third kappa shape index (κ3) is 8.73. The highest BCUT2D eigenvalue weighted by Gasteiger charge is 2.46. The van der Waals surface area contributed by atoms with Crippen LogP contribution in [0.2, 0.25) is 0 Å². The van der Waals surface area contributed by atoms with E-state index in [1.165, 1.54) is 31.4 Å². The van der Waals surface area contributed by atoms with Gasteiger partial charge in [0.05, 0.1) is 18.2 Å². The van der Waals surface area contributed by atoms with Crippen molar-refractivity contribution in [2.75, 3.05) is 13.7 Å². The lowest BCUT2D eigenvalue weighted by molar-refractivity contribution is -0.137. The molecule has 1 heterocycles. The van der Waals surface area contributed by atoms with Gasteiger partial charge in [-0.05, 0) is 53.9 Å². The molecule has 8 nitrogen and oxygen atoms in total. The summed E-state index contributed by atoms with van der Waals surface area (Å²) in [6.07, 6.45) is -4.13. The summed E-state index contributed by atoms with van der Waals surface area (Å²) in [5.41, 5.74) is -1.07. The van der Waals surface area contributed by atoms with E-state index in [-0.39, 0.29) is 85.5 Å². The largest absolute Gasteiger partial charge is 0.453 e. The Hall–Kier alpha value is -4.22. The first kappa shape index (κ1) is 38.6. The van der Waals surface area contributed by atoms with Gasteiger partial charge < -0.3 is 20.4 Å². The molecule has 1 aliphatic rings. The molecule has 272 valence electrons. The Morgan fingerprint density at radius 1 is 0.980 bits per heavy atom. The number of para-hydroxylation sites is 1. The molecule has 5 atom stereocenters. The highest BCUT2D eigenvalue weighted by atomic mass is 19.4. The normalized spacial score (nSPS) is 18.4. The van der Waals surface area contributed by atoms with Crippen LogP contribution < -0.4 is 10.6 Å². The lowest BCUT2D eigenvalue weighted by Gasteiger charge is -2.39. The van der Waals surface area contributed by atoms with Crippen molar-refractivity contribution in [3.63, 3.8) is 0 Å². The van der Waals surface area contributed by atoms with E-state index in [9.17, 15) is 36.7 Å². The molecule has 0 fully saturated rings. The number of alkyl halides is 3. The van der Waals surface area contributed by atoms with Gasteiger partial charge in [-0.2, -0.15) is 13.2 Å². The van der Waals surface area contributed by atoms with Crippen LogP contribution in [0.1, 0.15) is 82.2 Å². The van der Waals surface area contributed by atoms with Crippen molar-refractivity contribution in [1.29, 1.82) is 0 Å². The van der Waals surface area contributed by atoms with Crippen molar-refractivity contribution in [1.82, 2.24) is 15.6 Å². The number of fused-ring (bicyclic) bond motifs is 3. The Bertz CT molecular complexity index is 1700. The van der Waals surface area contributed by atoms with E-state index in [2.05, 4.69) is 15.6 Å². The maximum atomic E-state index is 14.6. The van der Waals surface area contributed by atoms with Crippen LogP contribution in [0, 0.1) is 29.5 Å². The first-order chi connectivity index (χ1) is 23.6. The Kier molecular flexibility index (Phi) is 12.5. The smallest absolute Gasteiger partial charge is 0.418 e. The maximum absolute atomic E-state index is 14.6. The van der Waals surface area contributed by atoms with Gasteiger partial charge in [0.25, 0.3) is 0 Å². The SMILES string of the molecule is CCC(C)[C@@H](CNC(=O)OC)CC(=O)[C@@]1(NC(=O)[C@@H](CC(=O)Cc2ccccc2F)C(C)CC)CCc2[nH]c3c(C(F)(F)F)cccc3c2C1. The Labute approximate surface area is 290 Å². The Morgan fingerprint density at radius 2 is 1.68 bits per heavy atom. The minimum atomic E-state index is -4.61. The van der Waals surface area contributed by atoms with Crippen molar-refractivity contribution >= 4 is 34.5 Å². The van der Waals surface area contributed by atoms with Gasteiger partial charge in [0, 0.05) is 49.2 Å². The predicted octanol–water partition coefficient (Wildman–Crippen LogP) is 7.51. The highest BCUT2D eigenvalue weighted by Crippen LogP contribution is 2.41. The first-order valence-electron chi connectivity index (χ1n) is 17.3. The van der Waals surface area contributed by atoms with Crippen molar-refractivity contribution in [3.05, 3.63) is 70.7 Å². The fourth-order valence-electron chi connectivity index (χ4n) is 6.99. The minimum Gasteiger partial charge on any atom is -0.453 e. The van der Waals surface area contributed by atoms with E-state index in [1.54, 1.807) is 12.1 Å². The number of halogens is 4. The van der Waals surface area contributed by atoms with Gasteiger partial charge in [0.1, 0.15) is 17.1 Å². The number of benzene rings is 2. The second-order valence-corrected chi connectivity index (χ2v) is 13.7. The van der Waals surface area contributed by atoms with Gasteiger partial charge in [-0.1, -0.05) is 70.9 Å². The number of aryl methyl sites for hydroxylation is 1. The van der Waals surface area contributed by atoms with Crippen LogP contribution >= 0.6 is 0 Å². The number of ketones is 2. The van der Waals surface area contributed by atoms with Gasteiger partial charge in [0.15, 0.2) is 5.78 Å². The molecule has 3 N–H and O–H groups in total. The second-order valence-electron chi connectivity index (χ2n) is 13.7. The molecule has 4 rings (SSSR count). The van der Waals surface area contributed by atoms with Crippen LogP contribution in [0.25, 0.3) is 10.9 Å². The van der Waals surface area contributed by atoms with Crippen LogP contribution in [0.4, 0.5) is 22.4 Å². The maximum Gasteiger partial charge on any atom is 0.418 e. The second kappa shape index (κ2) is 16.2. The van der Waals surface area contributed by atoms with E-state index in [4.69, 9.17) is 4.74 Å². The van der Waals surface area contributed by atoms with E-state index >= 15 is 0 Å². The fraction of sp³-hybridized carbons (Fsp3) is 0.526. The summed E-state index contributed by atoms with van der Waals surface area (Å²) in [4.78, 5) is 57.0. The monoisotopic (exact) mass is 701 g/mol. The number of carbonyl (C=O) groups is 4. The molecule has 2 amide bonds. The molecule has 0 saturated carbocycles. The molecule has 1 aromatic heterocycles. The van der Waals surface area contributed by atoms with Gasteiger partial charge in [-0.25, -0.2) is 9.18 Å². The van der Waals surface area contributed by atoms with Crippen molar-refractivity contribution in [3.8, 4) is 0 Å². The minimum absolute atomic E-state index is 0.00527. The quantitative estimate of drug-likeness (QED) is 0.142. The molecule has 12 heteroatoms. The number of ether oxygens (including phenoxy) is 1. The molecular weight excluding hydrogens is 654 g/mol. The number of H-pyrrole nitrogens is 1. The number of hydrogen-bond donors (Lipinski definition) is 3. The van der Waals surface area contributed by atoms with Gasteiger partial charge >= 0.3 is 12.3 Å².